The van der Waals surface area contributed by atoms with Crippen LogP contribution in [0.4, 0.5) is 4.39 Å². The van der Waals surface area contributed by atoms with Gasteiger partial charge in [-0.25, -0.2) is 4.39 Å². The van der Waals surface area contributed by atoms with Crippen LogP contribution >= 0.6 is 11.6 Å². The molecule has 0 bridgehead atoms. The van der Waals surface area contributed by atoms with Crippen molar-refractivity contribution >= 4 is 11.6 Å². The van der Waals surface area contributed by atoms with E-state index < -0.39 is 5.82 Å². The lowest BCUT2D eigenvalue weighted by Crippen LogP contribution is -2.18. The molecule has 0 saturated heterocycles. The van der Waals surface area contributed by atoms with Crippen LogP contribution in [0.2, 0.25) is 5.02 Å². The standard InChI is InChI=1S/C10H10ClFN2/c1-14(6-5-13)7-8-3-2-4-9(11)10(8)12/h2-4H,6-7H2,1H3. The minimum absolute atomic E-state index is 0.118. The minimum Gasteiger partial charge on any atom is -0.289 e. The van der Waals surface area contributed by atoms with Gasteiger partial charge in [-0.2, -0.15) is 5.26 Å². The van der Waals surface area contributed by atoms with Crippen molar-refractivity contribution in [1.29, 1.82) is 5.26 Å². The molecular weight excluding hydrogens is 203 g/mol. The van der Waals surface area contributed by atoms with Gasteiger partial charge in [0.05, 0.1) is 17.6 Å². The number of nitriles is 1. The monoisotopic (exact) mass is 212 g/mol. The lowest BCUT2D eigenvalue weighted by molar-refractivity contribution is 0.360. The summed E-state index contributed by atoms with van der Waals surface area (Å²) in [7, 11) is 1.75. The molecule has 0 amide bonds. The van der Waals surface area contributed by atoms with Crippen molar-refractivity contribution in [2.75, 3.05) is 13.6 Å². The van der Waals surface area contributed by atoms with Gasteiger partial charge in [0, 0.05) is 12.1 Å². The zero-order valence-electron chi connectivity index (χ0n) is 7.80. The molecule has 0 aliphatic rings. The maximum absolute atomic E-state index is 13.4. The van der Waals surface area contributed by atoms with E-state index in [1.807, 2.05) is 6.07 Å². The fourth-order valence-corrected chi connectivity index (χ4v) is 1.33. The highest BCUT2D eigenvalue weighted by Gasteiger charge is 2.07. The van der Waals surface area contributed by atoms with E-state index >= 15 is 0 Å². The Kier molecular flexibility index (Phi) is 3.87. The molecule has 0 saturated carbocycles. The summed E-state index contributed by atoms with van der Waals surface area (Å²) in [6, 6.07) is 6.85. The zero-order chi connectivity index (χ0) is 10.6. The molecule has 1 aromatic carbocycles. The van der Waals surface area contributed by atoms with Crippen molar-refractivity contribution in [3.05, 3.63) is 34.6 Å². The highest BCUT2D eigenvalue weighted by molar-refractivity contribution is 6.30. The van der Waals surface area contributed by atoms with Gasteiger partial charge in [0.1, 0.15) is 5.82 Å². The van der Waals surface area contributed by atoms with E-state index in [4.69, 9.17) is 16.9 Å². The van der Waals surface area contributed by atoms with E-state index in [9.17, 15) is 4.39 Å². The highest BCUT2D eigenvalue weighted by atomic mass is 35.5. The largest absolute Gasteiger partial charge is 0.289 e. The third-order valence-corrected chi connectivity index (χ3v) is 2.10. The summed E-state index contributed by atoms with van der Waals surface area (Å²) in [5.41, 5.74) is 0.509. The van der Waals surface area contributed by atoms with Gasteiger partial charge in [-0.3, -0.25) is 4.90 Å². The maximum atomic E-state index is 13.4. The van der Waals surface area contributed by atoms with Crippen LogP contribution in [0, 0.1) is 17.1 Å². The Morgan fingerprint density at radius 2 is 2.29 bits per heavy atom. The van der Waals surface area contributed by atoms with Gasteiger partial charge in [0.2, 0.25) is 0 Å². The first-order chi connectivity index (χ1) is 6.65. The van der Waals surface area contributed by atoms with E-state index in [2.05, 4.69) is 0 Å². The van der Waals surface area contributed by atoms with Crippen LogP contribution in [0.3, 0.4) is 0 Å². The summed E-state index contributed by atoms with van der Waals surface area (Å²) in [6.07, 6.45) is 0. The molecule has 0 aromatic heterocycles. The molecule has 0 fully saturated rings. The minimum atomic E-state index is -0.404. The molecule has 0 aliphatic carbocycles. The Hall–Kier alpha value is -1.11. The van der Waals surface area contributed by atoms with Crippen LogP contribution in [0.15, 0.2) is 18.2 Å². The number of hydrogen-bond acceptors (Lipinski definition) is 2. The van der Waals surface area contributed by atoms with Crippen molar-refractivity contribution in [2.45, 2.75) is 6.54 Å². The quantitative estimate of drug-likeness (QED) is 0.720. The summed E-state index contributed by atoms with van der Waals surface area (Å²) < 4.78 is 13.4. The van der Waals surface area contributed by atoms with Crippen molar-refractivity contribution in [3.63, 3.8) is 0 Å². The summed E-state index contributed by atoms with van der Waals surface area (Å²) >= 11 is 5.62. The third-order valence-electron chi connectivity index (χ3n) is 1.81. The van der Waals surface area contributed by atoms with Crippen LogP contribution in [0.1, 0.15) is 5.56 Å². The molecule has 0 atom stereocenters. The van der Waals surface area contributed by atoms with Gasteiger partial charge >= 0.3 is 0 Å². The van der Waals surface area contributed by atoms with Crippen molar-refractivity contribution in [3.8, 4) is 6.07 Å². The van der Waals surface area contributed by atoms with E-state index in [1.54, 1.807) is 24.1 Å². The molecule has 0 unspecified atom stereocenters. The van der Waals surface area contributed by atoms with E-state index in [0.717, 1.165) is 0 Å². The summed E-state index contributed by atoms with van der Waals surface area (Å²) in [5, 5.41) is 8.55. The fourth-order valence-electron chi connectivity index (χ4n) is 1.14. The summed E-state index contributed by atoms with van der Waals surface area (Å²) in [4.78, 5) is 1.72. The zero-order valence-corrected chi connectivity index (χ0v) is 8.55. The molecule has 1 rings (SSSR count). The topological polar surface area (TPSA) is 27.0 Å². The molecule has 0 heterocycles. The number of hydrogen-bond donors (Lipinski definition) is 0. The van der Waals surface area contributed by atoms with Crippen LogP contribution < -0.4 is 0 Å². The lowest BCUT2D eigenvalue weighted by Gasteiger charge is -2.13. The second-order valence-electron chi connectivity index (χ2n) is 3.04. The molecule has 1 aromatic rings. The maximum Gasteiger partial charge on any atom is 0.146 e. The summed E-state index contributed by atoms with van der Waals surface area (Å²) in [5.74, 6) is -0.404. The van der Waals surface area contributed by atoms with Gasteiger partial charge in [-0.15, -0.1) is 0 Å². The smallest absolute Gasteiger partial charge is 0.146 e. The predicted molar refractivity (Wildman–Crippen MR) is 53.4 cm³/mol. The van der Waals surface area contributed by atoms with Gasteiger partial charge in [-0.1, -0.05) is 23.7 Å². The second kappa shape index (κ2) is 4.94. The number of halogens is 2. The van der Waals surface area contributed by atoms with Crippen molar-refractivity contribution in [1.82, 2.24) is 4.90 Å². The first-order valence-corrected chi connectivity index (χ1v) is 4.51. The molecular formula is C10H10ClFN2. The molecule has 0 N–H and O–H groups in total. The molecule has 4 heteroatoms. The molecule has 14 heavy (non-hydrogen) atoms. The van der Waals surface area contributed by atoms with Gasteiger partial charge in [0.25, 0.3) is 0 Å². The van der Waals surface area contributed by atoms with E-state index in [0.29, 0.717) is 12.1 Å². The van der Waals surface area contributed by atoms with Crippen LogP contribution in [0.25, 0.3) is 0 Å². The van der Waals surface area contributed by atoms with Crippen LogP contribution in [-0.4, -0.2) is 18.5 Å². The third kappa shape index (κ3) is 2.69. The Balaban J connectivity index is 2.77. The van der Waals surface area contributed by atoms with E-state index in [1.165, 1.54) is 6.07 Å². The number of benzene rings is 1. The normalized spacial score (nSPS) is 10.2. The van der Waals surface area contributed by atoms with Gasteiger partial charge in [0.15, 0.2) is 0 Å². The van der Waals surface area contributed by atoms with E-state index in [-0.39, 0.29) is 11.6 Å². The van der Waals surface area contributed by atoms with Crippen molar-refractivity contribution in [2.24, 2.45) is 0 Å². The highest BCUT2D eigenvalue weighted by Crippen LogP contribution is 2.18. The Morgan fingerprint density at radius 3 is 2.93 bits per heavy atom. The second-order valence-corrected chi connectivity index (χ2v) is 3.45. The summed E-state index contributed by atoms with van der Waals surface area (Å²) in [6.45, 7) is 0.659. The molecule has 2 nitrogen and oxygen atoms in total. The number of nitrogens with zero attached hydrogens (tertiary/aromatic N) is 2. The average Bonchev–Trinajstić information content (AvgIpc) is 2.13. The van der Waals surface area contributed by atoms with Crippen LogP contribution in [-0.2, 0) is 6.54 Å². The number of rotatable bonds is 3. The van der Waals surface area contributed by atoms with Gasteiger partial charge in [-0.05, 0) is 13.1 Å². The first kappa shape index (κ1) is 11.0. The fraction of sp³-hybridized carbons (Fsp3) is 0.300. The van der Waals surface area contributed by atoms with Gasteiger partial charge < -0.3 is 0 Å². The molecule has 0 radical (unpaired) electrons. The Morgan fingerprint density at radius 1 is 1.57 bits per heavy atom. The first-order valence-electron chi connectivity index (χ1n) is 4.13. The molecule has 0 spiro atoms. The SMILES string of the molecule is CN(CC#N)Cc1cccc(Cl)c1F. The Labute approximate surface area is 87.5 Å². The predicted octanol–water partition coefficient (Wildman–Crippen LogP) is 2.43. The average molecular weight is 213 g/mol. The Bertz CT molecular complexity index is 360. The van der Waals surface area contributed by atoms with Crippen LogP contribution in [0.5, 0.6) is 0 Å². The lowest BCUT2D eigenvalue weighted by atomic mass is 10.2. The molecule has 74 valence electrons. The van der Waals surface area contributed by atoms with Crippen molar-refractivity contribution < 1.29 is 4.39 Å². The molecule has 0 aliphatic heterocycles.